The first-order valence-electron chi connectivity index (χ1n) is 12.6. The lowest BCUT2D eigenvalue weighted by atomic mass is 9.77. The van der Waals surface area contributed by atoms with Gasteiger partial charge in [-0.3, -0.25) is 0 Å². The van der Waals surface area contributed by atoms with Crippen LogP contribution < -0.4 is 4.74 Å². The van der Waals surface area contributed by atoms with Crippen molar-refractivity contribution in [3.63, 3.8) is 0 Å². The lowest BCUT2D eigenvalue weighted by molar-refractivity contribution is 0.316. The molecule has 0 unspecified atom stereocenters. The van der Waals surface area contributed by atoms with Crippen molar-refractivity contribution >= 4 is 9.84 Å². The Labute approximate surface area is 224 Å². The summed E-state index contributed by atoms with van der Waals surface area (Å²) in [5, 5.41) is 5.06. The fraction of sp³-hybridized carbons (Fsp3) is 0.156. The van der Waals surface area contributed by atoms with E-state index in [9.17, 15) is 8.42 Å². The summed E-state index contributed by atoms with van der Waals surface area (Å²) in [6.45, 7) is 4.19. The third kappa shape index (κ3) is 4.52. The predicted molar refractivity (Wildman–Crippen MR) is 151 cm³/mol. The molecule has 0 atom stereocenters. The number of hydrogen-bond acceptors (Lipinski definition) is 4. The van der Waals surface area contributed by atoms with Gasteiger partial charge in [0, 0.05) is 12.5 Å². The molecule has 0 spiro atoms. The highest BCUT2D eigenvalue weighted by molar-refractivity contribution is 7.90. The molecule has 0 fully saturated rings. The van der Waals surface area contributed by atoms with Gasteiger partial charge in [0.05, 0.1) is 17.1 Å². The summed E-state index contributed by atoms with van der Waals surface area (Å²) >= 11 is 0. The van der Waals surface area contributed by atoms with Gasteiger partial charge < -0.3 is 4.74 Å². The molecule has 0 aliphatic heterocycles. The van der Waals surface area contributed by atoms with Gasteiger partial charge in [-0.1, -0.05) is 97.1 Å². The number of hydrogen-bond donors (Lipinski definition) is 0. The number of benzene rings is 4. The van der Waals surface area contributed by atoms with Crippen LogP contribution in [0.15, 0.2) is 120 Å². The van der Waals surface area contributed by atoms with Crippen molar-refractivity contribution in [2.24, 2.45) is 0 Å². The van der Waals surface area contributed by atoms with Gasteiger partial charge in [0.2, 0.25) is 5.88 Å². The molecular weight excluding hydrogens is 492 g/mol. The van der Waals surface area contributed by atoms with Crippen molar-refractivity contribution in [2.45, 2.75) is 24.3 Å². The normalized spacial score (nSPS) is 11.9. The van der Waals surface area contributed by atoms with E-state index in [1.165, 1.54) is 6.26 Å². The lowest BCUT2D eigenvalue weighted by Gasteiger charge is -2.36. The second kappa shape index (κ2) is 10.3. The van der Waals surface area contributed by atoms with Crippen LogP contribution in [0.2, 0.25) is 0 Å². The van der Waals surface area contributed by atoms with Crippen LogP contribution in [0.4, 0.5) is 0 Å². The van der Waals surface area contributed by atoms with Crippen LogP contribution in [0.1, 0.15) is 29.2 Å². The molecule has 0 amide bonds. The molecule has 0 aliphatic rings. The molecule has 5 rings (SSSR count). The summed E-state index contributed by atoms with van der Waals surface area (Å²) in [7, 11) is -3.33. The van der Waals surface area contributed by atoms with E-state index >= 15 is 0 Å². The molecule has 5 nitrogen and oxygen atoms in total. The Balaban J connectivity index is 1.82. The van der Waals surface area contributed by atoms with Crippen LogP contribution in [0.3, 0.4) is 0 Å². The Kier molecular flexibility index (Phi) is 6.91. The van der Waals surface area contributed by atoms with E-state index in [0.717, 1.165) is 27.8 Å². The first-order chi connectivity index (χ1) is 18.4. The lowest BCUT2D eigenvalue weighted by Crippen LogP contribution is -2.38. The Morgan fingerprint density at radius 2 is 1.29 bits per heavy atom. The number of aryl methyl sites for hydroxylation is 1. The maximum absolute atomic E-state index is 12.2. The first kappa shape index (κ1) is 25.5. The molecule has 5 aromatic rings. The summed E-state index contributed by atoms with van der Waals surface area (Å²) in [6.07, 6.45) is 3.24. The predicted octanol–water partition coefficient (Wildman–Crippen LogP) is 6.50. The minimum Gasteiger partial charge on any atom is -0.476 e. The van der Waals surface area contributed by atoms with Gasteiger partial charge in [0.1, 0.15) is 5.54 Å². The van der Waals surface area contributed by atoms with E-state index in [-0.39, 0.29) is 0 Å². The van der Waals surface area contributed by atoms with Crippen molar-refractivity contribution in [3.05, 3.63) is 138 Å². The smallest absolute Gasteiger partial charge is 0.240 e. The molecule has 4 aromatic carbocycles. The fourth-order valence-electron chi connectivity index (χ4n) is 5.14. The molecule has 0 saturated heterocycles. The molecule has 1 heterocycles. The quantitative estimate of drug-likeness (QED) is 0.218. The second-order valence-corrected chi connectivity index (χ2v) is 11.3. The average molecular weight is 523 g/mol. The number of nitrogens with zero attached hydrogens (tertiary/aromatic N) is 2. The molecule has 192 valence electrons. The van der Waals surface area contributed by atoms with E-state index in [0.29, 0.717) is 22.9 Å². The number of ether oxygens (including phenoxy) is 1. The van der Waals surface area contributed by atoms with Gasteiger partial charge in [0.25, 0.3) is 0 Å². The molecule has 0 bridgehead atoms. The Morgan fingerprint density at radius 3 is 1.71 bits per heavy atom. The van der Waals surface area contributed by atoms with Crippen LogP contribution in [0.25, 0.3) is 11.1 Å². The topological polar surface area (TPSA) is 61.2 Å². The van der Waals surface area contributed by atoms with E-state index in [1.54, 1.807) is 6.07 Å². The van der Waals surface area contributed by atoms with E-state index in [2.05, 4.69) is 36.4 Å². The standard InChI is InChI=1S/C32H30N2O3S/c1-4-37-31-29(25-20-21-30(24(2)22-25)38(3,35)36)23-34(33-31)32(26-14-8-5-9-15-26,27-16-10-6-11-17-27)28-18-12-7-13-19-28/h5-23H,4H2,1-3H3. The van der Waals surface area contributed by atoms with Crippen LogP contribution in [0, 0.1) is 6.92 Å². The highest BCUT2D eigenvalue weighted by atomic mass is 32.2. The number of sulfone groups is 1. The second-order valence-electron chi connectivity index (χ2n) is 9.29. The highest BCUT2D eigenvalue weighted by Crippen LogP contribution is 2.43. The van der Waals surface area contributed by atoms with Crippen molar-refractivity contribution in [1.29, 1.82) is 0 Å². The SMILES string of the molecule is CCOc1nn(C(c2ccccc2)(c2ccccc2)c2ccccc2)cc1-c1ccc(S(C)(=O)=O)c(C)c1. The summed E-state index contributed by atoms with van der Waals surface area (Å²) in [5.41, 5.74) is 4.69. The molecule has 38 heavy (non-hydrogen) atoms. The van der Waals surface area contributed by atoms with Gasteiger partial charge in [0.15, 0.2) is 9.84 Å². The monoisotopic (exact) mass is 522 g/mol. The van der Waals surface area contributed by atoms with Gasteiger partial charge in [-0.15, -0.1) is 5.10 Å². The zero-order valence-electron chi connectivity index (χ0n) is 21.7. The minimum absolute atomic E-state index is 0.318. The van der Waals surface area contributed by atoms with Crippen molar-refractivity contribution < 1.29 is 13.2 Å². The fourth-order valence-corrected chi connectivity index (χ4v) is 6.10. The third-order valence-electron chi connectivity index (χ3n) is 6.77. The van der Waals surface area contributed by atoms with Crippen LogP contribution >= 0.6 is 0 Å². The molecule has 0 saturated carbocycles. The molecule has 0 N–H and O–H groups in total. The van der Waals surface area contributed by atoms with Crippen LogP contribution in [-0.2, 0) is 15.4 Å². The summed E-state index contributed by atoms with van der Waals surface area (Å²) < 4.78 is 32.5. The van der Waals surface area contributed by atoms with E-state index in [4.69, 9.17) is 9.84 Å². The zero-order chi connectivity index (χ0) is 26.8. The first-order valence-corrected chi connectivity index (χ1v) is 14.5. The number of aromatic nitrogens is 2. The van der Waals surface area contributed by atoms with E-state index < -0.39 is 15.4 Å². The highest BCUT2D eigenvalue weighted by Gasteiger charge is 2.40. The Hall–Kier alpha value is -4.16. The van der Waals surface area contributed by atoms with Gasteiger partial charge in [-0.25, -0.2) is 13.1 Å². The van der Waals surface area contributed by atoms with Gasteiger partial charge in [-0.2, -0.15) is 0 Å². The van der Waals surface area contributed by atoms with Crippen LogP contribution in [-0.4, -0.2) is 31.1 Å². The largest absolute Gasteiger partial charge is 0.476 e. The summed E-state index contributed by atoms with van der Waals surface area (Å²) in [6, 6.07) is 36.3. The van der Waals surface area contributed by atoms with Gasteiger partial charge in [-0.05, 0) is 53.8 Å². The zero-order valence-corrected chi connectivity index (χ0v) is 22.5. The maximum atomic E-state index is 12.2. The number of rotatable bonds is 8. The van der Waals surface area contributed by atoms with Crippen molar-refractivity contribution in [3.8, 4) is 17.0 Å². The van der Waals surface area contributed by atoms with Crippen molar-refractivity contribution in [1.82, 2.24) is 9.78 Å². The molecule has 6 heteroatoms. The van der Waals surface area contributed by atoms with Crippen molar-refractivity contribution in [2.75, 3.05) is 12.9 Å². The molecule has 1 aromatic heterocycles. The van der Waals surface area contributed by atoms with Crippen LogP contribution in [0.5, 0.6) is 5.88 Å². The minimum atomic E-state index is -3.33. The van der Waals surface area contributed by atoms with Gasteiger partial charge >= 0.3 is 0 Å². The van der Waals surface area contributed by atoms with E-state index in [1.807, 2.05) is 91.5 Å². The Bertz CT molecular complexity index is 1550. The summed E-state index contributed by atoms with van der Waals surface area (Å²) in [5.74, 6) is 0.492. The average Bonchev–Trinajstić information content (AvgIpc) is 3.34. The Morgan fingerprint density at radius 1 is 0.789 bits per heavy atom. The maximum Gasteiger partial charge on any atom is 0.240 e. The third-order valence-corrected chi connectivity index (χ3v) is 8.02. The molecule has 0 radical (unpaired) electrons. The summed E-state index contributed by atoms with van der Waals surface area (Å²) in [4.78, 5) is 0.318. The molecular formula is C32H30N2O3S. The molecule has 0 aliphatic carbocycles.